The molecule has 0 aliphatic heterocycles. The van der Waals surface area contributed by atoms with Crippen LogP contribution in [0.5, 0.6) is 0 Å². The zero-order valence-corrected chi connectivity index (χ0v) is 19.4. The van der Waals surface area contributed by atoms with Crippen LogP contribution in [0.4, 0.5) is 0 Å². The summed E-state index contributed by atoms with van der Waals surface area (Å²) in [6, 6.07) is 9.08. The maximum absolute atomic E-state index is 13.1. The molecule has 0 radical (unpaired) electrons. The Morgan fingerprint density at radius 2 is 2.03 bits per heavy atom. The van der Waals surface area contributed by atoms with Crippen molar-refractivity contribution in [1.29, 1.82) is 0 Å². The lowest BCUT2D eigenvalue weighted by molar-refractivity contribution is -0.147. The van der Waals surface area contributed by atoms with Crippen LogP contribution in [0.1, 0.15) is 44.1 Å². The summed E-state index contributed by atoms with van der Waals surface area (Å²) in [6.07, 6.45) is 5.20. The fourth-order valence-electron chi connectivity index (χ4n) is 5.34. The number of alkyl halides is 1. The summed E-state index contributed by atoms with van der Waals surface area (Å²) in [4.78, 5) is 25.5. The molecule has 3 N–H and O–H groups in total. The first-order valence-electron chi connectivity index (χ1n) is 10.8. The van der Waals surface area contributed by atoms with Crippen molar-refractivity contribution >= 4 is 27.8 Å². The van der Waals surface area contributed by atoms with E-state index in [1.807, 2.05) is 37.4 Å². The maximum atomic E-state index is 13.1. The number of ether oxygens (including phenoxy) is 1. The highest BCUT2D eigenvalue weighted by atomic mass is 79.9. The zero-order chi connectivity index (χ0) is 21.7. The van der Waals surface area contributed by atoms with E-state index in [4.69, 9.17) is 4.74 Å². The molecule has 1 aromatic carbocycles. The normalized spacial score (nSPS) is 32.4. The molecule has 0 heterocycles. The van der Waals surface area contributed by atoms with Crippen LogP contribution in [0.25, 0.3) is 0 Å². The van der Waals surface area contributed by atoms with Gasteiger partial charge in [-0.15, -0.1) is 0 Å². The average molecular weight is 481 g/mol. The number of aliphatic hydroxyl groups is 1. The highest BCUT2D eigenvalue weighted by Gasteiger charge is 2.52. The minimum Gasteiger partial charge on any atom is -0.467 e. The van der Waals surface area contributed by atoms with E-state index in [1.54, 1.807) is 0 Å². The third-order valence-corrected chi connectivity index (χ3v) is 8.27. The molecule has 2 aliphatic rings. The van der Waals surface area contributed by atoms with E-state index in [2.05, 4.69) is 26.6 Å². The number of carbonyl (C=O) groups is 2. The second-order valence-electron chi connectivity index (χ2n) is 8.68. The molecule has 1 spiro atoms. The lowest BCUT2D eigenvalue weighted by atomic mass is 9.59. The van der Waals surface area contributed by atoms with Crippen LogP contribution in [0.3, 0.4) is 0 Å². The van der Waals surface area contributed by atoms with E-state index in [-0.39, 0.29) is 16.1 Å². The van der Waals surface area contributed by atoms with Gasteiger partial charge in [-0.3, -0.25) is 4.79 Å². The number of rotatable bonds is 6. The van der Waals surface area contributed by atoms with Gasteiger partial charge in [0.25, 0.3) is 0 Å². The van der Waals surface area contributed by atoms with Crippen molar-refractivity contribution < 1.29 is 19.4 Å². The third-order valence-electron chi connectivity index (χ3n) is 6.99. The number of carbonyl (C=O) groups excluding carboxylic acids is 2. The number of methoxy groups -OCH3 is 1. The van der Waals surface area contributed by atoms with Gasteiger partial charge < -0.3 is 20.5 Å². The van der Waals surface area contributed by atoms with Gasteiger partial charge in [-0.2, -0.15) is 0 Å². The van der Waals surface area contributed by atoms with E-state index in [1.165, 1.54) is 13.5 Å². The summed E-state index contributed by atoms with van der Waals surface area (Å²) in [5, 5.41) is 17.2. The van der Waals surface area contributed by atoms with Crippen molar-refractivity contribution in [2.24, 2.45) is 11.3 Å². The van der Waals surface area contributed by atoms with Gasteiger partial charge in [-0.05, 0) is 38.3 Å². The highest BCUT2D eigenvalue weighted by molar-refractivity contribution is 9.09. The lowest BCUT2D eigenvalue weighted by Crippen LogP contribution is -2.59. The van der Waals surface area contributed by atoms with E-state index in [9.17, 15) is 14.7 Å². The van der Waals surface area contributed by atoms with Gasteiger partial charge in [-0.1, -0.05) is 59.1 Å². The van der Waals surface area contributed by atoms with Crippen LogP contribution in [0, 0.1) is 11.3 Å². The summed E-state index contributed by atoms with van der Waals surface area (Å²) < 4.78 is 4.91. The molecular formula is C23H33BrN2O4. The molecule has 0 bridgehead atoms. The second kappa shape index (κ2) is 10.2. The highest BCUT2D eigenvalue weighted by Crippen LogP contribution is 2.52. The number of hydrogen-bond donors (Lipinski definition) is 3. The van der Waals surface area contributed by atoms with Crippen molar-refractivity contribution in [2.45, 2.75) is 68.0 Å². The lowest BCUT2D eigenvalue weighted by Gasteiger charge is -2.52. The van der Waals surface area contributed by atoms with Gasteiger partial charge in [0.15, 0.2) is 0 Å². The first kappa shape index (κ1) is 23.2. The number of benzene rings is 1. The number of amides is 1. The standard InChI is InChI=1S/C23H33BrN2O4/c1-25-20-10-6-7-11-23(20)14-18(27)16(13-19(23)24)21(28)26-17(22(29)30-2)12-15-8-4-3-5-9-15/h3-5,8-9,16-20,25,27H,6-7,10-14H2,1-2H3,(H,26,28)/t16?,17-,18?,19?,20?,23?/m0/s1. The van der Waals surface area contributed by atoms with Crippen LogP contribution in [-0.4, -0.2) is 54.2 Å². The van der Waals surface area contributed by atoms with Gasteiger partial charge in [0, 0.05) is 22.7 Å². The topological polar surface area (TPSA) is 87.7 Å². The van der Waals surface area contributed by atoms with Gasteiger partial charge in [0.05, 0.1) is 19.1 Å². The summed E-state index contributed by atoms with van der Waals surface area (Å²) in [7, 11) is 3.30. The molecule has 2 aliphatic carbocycles. The van der Waals surface area contributed by atoms with Crippen molar-refractivity contribution in [3.8, 4) is 0 Å². The van der Waals surface area contributed by atoms with E-state index < -0.39 is 24.0 Å². The first-order chi connectivity index (χ1) is 14.4. The monoisotopic (exact) mass is 480 g/mol. The Labute approximate surface area is 187 Å². The summed E-state index contributed by atoms with van der Waals surface area (Å²) in [5.41, 5.74) is 0.892. The largest absolute Gasteiger partial charge is 0.467 e. The average Bonchev–Trinajstić information content (AvgIpc) is 2.76. The predicted octanol–water partition coefficient (Wildman–Crippen LogP) is 2.57. The SMILES string of the molecule is CNC1CCCCC12CC(O)C(C(=O)N[C@@H](Cc1ccccc1)C(=O)OC)CC2Br. The number of aliphatic hydroxyl groups excluding tert-OH is 1. The second-order valence-corrected chi connectivity index (χ2v) is 9.78. The molecule has 7 heteroatoms. The van der Waals surface area contributed by atoms with Gasteiger partial charge in [0.2, 0.25) is 5.91 Å². The Morgan fingerprint density at radius 3 is 2.70 bits per heavy atom. The third kappa shape index (κ3) is 4.89. The molecule has 30 heavy (non-hydrogen) atoms. The predicted molar refractivity (Wildman–Crippen MR) is 119 cm³/mol. The van der Waals surface area contributed by atoms with E-state index in [0.717, 1.165) is 24.8 Å². The summed E-state index contributed by atoms with van der Waals surface area (Å²) >= 11 is 3.86. The first-order valence-corrected chi connectivity index (χ1v) is 11.7. The Bertz CT molecular complexity index is 731. The molecule has 6 atom stereocenters. The Balaban J connectivity index is 1.70. The Morgan fingerprint density at radius 1 is 1.30 bits per heavy atom. The molecular weight excluding hydrogens is 448 g/mol. The van der Waals surface area contributed by atoms with Gasteiger partial charge >= 0.3 is 5.97 Å². The molecule has 1 amide bonds. The van der Waals surface area contributed by atoms with Crippen molar-refractivity contribution in [2.75, 3.05) is 14.2 Å². The Kier molecular flexibility index (Phi) is 7.93. The van der Waals surface area contributed by atoms with Crippen molar-refractivity contribution in [3.63, 3.8) is 0 Å². The Hall–Kier alpha value is -1.44. The number of nitrogens with one attached hydrogen (secondary N) is 2. The molecule has 166 valence electrons. The fraction of sp³-hybridized carbons (Fsp3) is 0.652. The van der Waals surface area contributed by atoms with Crippen LogP contribution in [0.2, 0.25) is 0 Å². The number of hydrogen-bond acceptors (Lipinski definition) is 5. The molecule has 0 aromatic heterocycles. The van der Waals surface area contributed by atoms with Crippen LogP contribution in [0.15, 0.2) is 30.3 Å². The molecule has 5 unspecified atom stereocenters. The minimum atomic E-state index is -0.776. The van der Waals surface area contributed by atoms with Crippen LogP contribution in [-0.2, 0) is 20.7 Å². The van der Waals surface area contributed by atoms with Crippen molar-refractivity contribution in [3.05, 3.63) is 35.9 Å². The molecule has 0 saturated heterocycles. The number of esters is 1. The van der Waals surface area contributed by atoms with Crippen molar-refractivity contribution in [1.82, 2.24) is 10.6 Å². The fourth-order valence-corrected chi connectivity index (χ4v) is 6.47. The molecule has 2 saturated carbocycles. The smallest absolute Gasteiger partial charge is 0.328 e. The number of halogens is 1. The van der Waals surface area contributed by atoms with Gasteiger partial charge in [-0.25, -0.2) is 4.79 Å². The molecule has 6 nitrogen and oxygen atoms in total. The maximum Gasteiger partial charge on any atom is 0.328 e. The van der Waals surface area contributed by atoms with E-state index in [0.29, 0.717) is 25.3 Å². The van der Waals surface area contributed by atoms with Gasteiger partial charge in [0.1, 0.15) is 6.04 Å². The zero-order valence-electron chi connectivity index (χ0n) is 17.8. The molecule has 3 rings (SSSR count). The minimum absolute atomic E-state index is 0.0466. The van der Waals surface area contributed by atoms with E-state index >= 15 is 0 Å². The molecule has 1 aromatic rings. The summed E-state index contributed by atoms with van der Waals surface area (Å²) in [5.74, 6) is -1.32. The summed E-state index contributed by atoms with van der Waals surface area (Å²) in [6.45, 7) is 0. The molecule has 2 fully saturated rings. The van der Waals surface area contributed by atoms with Crippen LogP contribution < -0.4 is 10.6 Å². The van der Waals surface area contributed by atoms with Crippen LogP contribution >= 0.6 is 15.9 Å². The quantitative estimate of drug-likeness (QED) is 0.430.